The van der Waals surface area contributed by atoms with Gasteiger partial charge in [0, 0.05) is 17.6 Å². The fourth-order valence-electron chi connectivity index (χ4n) is 3.35. The Bertz CT molecular complexity index is 1020. The van der Waals surface area contributed by atoms with E-state index in [0.717, 1.165) is 31.4 Å². The number of carbonyl (C=O) groups is 1. The van der Waals surface area contributed by atoms with Crippen molar-refractivity contribution in [3.8, 4) is 0 Å². The van der Waals surface area contributed by atoms with Gasteiger partial charge < -0.3 is 4.90 Å². The van der Waals surface area contributed by atoms with E-state index < -0.39 is 15.8 Å². The van der Waals surface area contributed by atoms with Crippen LogP contribution in [0.15, 0.2) is 47.4 Å². The molecule has 0 spiro atoms. The van der Waals surface area contributed by atoms with Crippen LogP contribution in [0.4, 0.5) is 10.1 Å². The van der Waals surface area contributed by atoms with Crippen LogP contribution in [0.3, 0.4) is 0 Å². The van der Waals surface area contributed by atoms with E-state index in [-0.39, 0.29) is 33.6 Å². The quantitative estimate of drug-likeness (QED) is 0.589. The summed E-state index contributed by atoms with van der Waals surface area (Å²) in [6.45, 7) is 6.28. The molecule has 1 amide bonds. The minimum absolute atomic E-state index is 0.0741. The molecule has 0 aliphatic heterocycles. The van der Waals surface area contributed by atoms with Gasteiger partial charge in [0.05, 0.1) is 15.6 Å². The number of anilines is 1. The first-order chi connectivity index (χ1) is 14.1. The summed E-state index contributed by atoms with van der Waals surface area (Å²) in [5.74, 6) is -0.322. The van der Waals surface area contributed by atoms with Crippen molar-refractivity contribution in [3.05, 3.63) is 58.9 Å². The van der Waals surface area contributed by atoms with Gasteiger partial charge in [0.2, 0.25) is 0 Å². The van der Waals surface area contributed by atoms with E-state index >= 15 is 0 Å². The monoisotopic (exact) mass is 452 g/mol. The number of nitrogens with one attached hydrogen (secondary N) is 1. The summed E-state index contributed by atoms with van der Waals surface area (Å²) in [5, 5.41) is 0.171. The minimum Gasteiger partial charge on any atom is -0.333 e. The van der Waals surface area contributed by atoms with Crippen LogP contribution in [0.2, 0.25) is 5.02 Å². The van der Waals surface area contributed by atoms with Gasteiger partial charge in [-0.1, -0.05) is 31.9 Å². The van der Waals surface area contributed by atoms with Crippen LogP contribution in [-0.4, -0.2) is 31.3 Å². The lowest BCUT2D eigenvalue weighted by Gasteiger charge is -2.33. The molecule has 8 heteroatoms. The zero-order chi connectivity index (χ0) is 22.1. The lowest BCUT2D eigenvalue weighted by Crippen LogP contribution is -2.43. The predicted octanol–water partition coefficient (Wildman–Crippen LogP) is 5.32. The Morgan fingerprint density at radius 1 is 1.20 bits per heavy atom. The summed E-state index contributed by atoms with van der Waals surface area (Å²) >= 11 is 6.20. The number of nitrogens with zero attached hydrogens (tertiary/aromatic N) is 1. The van der Waals surface area contributed by atoms with Crippen molar-refractivity contribution in [2.75, 3.05) is 4.72 Å². The number of carbonyl (C=O) groups excluding carboxylic acids is 1. The highest BCUT2D eigenvalue weighted by Gasteiger charge is 2.37. The second-order valence-corrected chi connectivity index (χ2v) is 9.91. The van der Waals surface area contributed by atoms with E-state index in [4.69, 9.17) is 11.6 Å². The Kier molecular flexibility index (Phi) is 6.72. The average Bonchev–Trinajstić information content (AvgIpc) is 3.54. The van der Waals surface area contributed by atoms with Gasteiger partial charge in [-0.05, 0) is 68.1 Å². The zero-order valence-electron chi connectivity index (χ0n) is 17.2. The van der Waals surface area contributed by atoms with E-state index in [1.54, 1.807) is 6.07 Å². The molecule has 0 heterocycles. The molecule has 1 aliphatic rings. The molecular weight excluding hydrogens is 427 g/mol. The van der Waals surface area contributed by atoms with Crippen LogP contribution in [0.25, 0.3) is 0 Å². The second kappa shape index (κ2) is 8.94. The molecule has 3 rings (SSSR count). The maximum Gasteiger partial charge on any atom is 0.261 e. The first-order valence-electron chi connectivity index (χ1n) is 10.0. The molecule has 30 heavy (non-hydrogen) atoms. The van der Waals surface area contributed by atoms with Gasteiger partial charge in [0.15, 0.2) is 0 Å². The third-order valence-electron chi connectivity index (χ3n) is 5.66. The number of benzene rings is 2. The topological polar surface area (TPSA) is 66.5 Å². The summed E-state index contributed by atoms with van der Waals surface area (Å²) in [7, 11) is -3.98. The molecule has 0 bridgehead atoms. The molecule has 1 N–H and O–H groups in total. The third kappa shape index (κ3) is 4.95. The Morgan fingerprint density at radius 2 is 1.83 bits per heavy atom. The standard InChI is InChI=1S/C22H26ClFN2O3S/c1-4-14(2)15(3)26(18-8-9-18)22(27)16-5-12-20(23)21(13-16)25-30(28,29)19-10-6-17(24)7-11-19/h5-7,10-15,18,25H,4,8-9H2,1-3H3. The molecule has 2 aromatic carbocycles. The molecule has 2 unspecified atom stereocenters. The van der Waals surface area contributed by atoms with Crippen LogP contribution >= 0.6 is 11.6 Å². The number of hydrogen-bond acceptors (Lipinski definition) is 3. The van der Waals surface area contributed by atoms with Crippen molar-refractivity contribution < 1.29 is 17.6 Å². The van der Waals surface area contributed by atoms with Gasteiger partial charge in [0.25, 0.3) is 15.9 Å². The fourth-order valence-corrected chi connectivity index (χ4v) is 4.65. The first-order valence-corrected chi connectivity index (χ1v) is 11.9. The highest BCUT2D eigenvalue weighted by Crippen LogP contribution is 2.34. The normalized spacial score (nSPS) is 16.0. The van der Waals surface area contributed by atoms with Crippen molar-refractivity contribution in [3.63, 3.8) is 0 Å². The highest BCUT2D eigenvalue weighted by atomic mass is 35.5. The molecule has 162 valence electrons. The number of rotatable bonds is 8. The lowest BCUT2D eigenvalue weighted by atomic mass is 9.98. The number of halogens is 2. The van der Waals surface area contributed by atoms with Gasteiger partial charge in [-0.25, -0.2) is 12.8 Å². The molecule has 1 fully saturated rings. The Morgan fingerprint density at radius 3 is 2.40 bits per heavy atom. The molecule has 0 saturated heterocycles. The molecule has 0 radical (unpaired) electrons. The van der Waals surface area contributed by atoms with E-state index in [1.165, 1.54) is 24.3 Å². The van der Waals surface area contributed by atoms with Crippen molar-refractivity contribution in [2.24, 2.45) is 5.92 Å². The van der Waals surface area contributed by atoms with Crippen LogP contribution in [0.1, 0.15) is 50.4 Å². The molecule has 0 aromatic heterocycles. The summed E-state index contributed by atoms with van der Waals surface area (Å²) < 4.78 is 40.8. The number of hydrogen-bond donors (Lipinski definition) is 1. The molecular formula is C22H26ClFN2O3S. The van der Waals surface area contributed by atoms with E-state index in [1.807, 2.05) is 4.90 Å². The number of amides is 1. The Hall–Kier alpha value is -2.12. The largest absolute Gasteiger partial charge is 0.333 e. The van der Waals surface area contributed by atoms with Crippen LogP contribution < -0.4 is 4.72 Å². The highest BCUT2D eigenvalue weighted by molar-refractivity contribution is 7.92. The predicted molar refractivity (Wildman–Crippen MR) is 117 cm³/mol. The first kappa shape index (κ1) is 22.6. The molecule has 1 aliphatic carbocycles. The average molecular weight is 453 g/mol. The van der Waals surface area contributed by atoms with Crippen molar-refractivity contribution >= 4 is 33.2 Å². The fraction of sp³-hybridized carbons (Fsp3) is 0.409. The van der Waals surface area contributed by atoms with E-state index in [9.17, 15) is 17.6 Å². The zero-order valence-corrected chi connectivity index (χ0v) is 18.8. The summed E-state index contributed by atoms with van der Waals surface area (Å²) in [6, 6.07) is 9.35. The Labute approximate surface area is 182 Å². The van der Waals surface area contributed by atoms with Crippen molar-refractivity contribution in [1.29, 1.82) is 0 Å². The summed E-state index contributed by atoms with van der Waals surface area (Å²) in [5.41, 5.74) is 0.483. The summed E-state index contributed by atoms with van der Waals surface area (Å²) in [4.78, 5) is 15.1. The van der Waals surface area contributed by atoms with Crippen molar-refractivity contribution in [2.45, 2.75) is 57.0 Å². The third-order valence-corrected chi connectivity index (χ3v) is 7.37. The molecule has 5 nitrogen and oxygen atoms in total. The van der Waals surface area contributed by atoms with Gasteiger partial charge in [-0.15, -0.1) is 0 Å². The summed E-state index contributed by atoms with van der Waals surface area (Å²) in [6.07, 6.45) is 2.91. The van der Waals surface area contributed by atoms with Gasteiger partial charge in [-0.3, -0.25) is 9.52 Å². The van der Waals surface area contributed by atoms with E-state index in [0.29, 0.717) is 11.5 Å². The number of sulfonamides is 1. The van der Waals surface area contributed by atoms with E-state index in [2.05, 4.69) is 25.5 Å². The SMILES string of the molecule is CCC(C)C(C)N(C(=O)c1ccc(Cl)c(NS(=O)(=O)c2ccc(F)cc2)c1)C1CC1. The molecule has 2 atom stereocenters. The van der Waals surface area contributed by atoms with Crippen LogP contribution in [0, 0.1) is 11.7 Å². The van der Waals surface area contributed by atoms with Gasteiger partial charge in [0.1, 0.15) is 5.82 Å². The second-order valence-electron chi connectivity index (χ2n) is 7.82. The minimum atomic E-state index is -3.98. The maximum atomic E-state index is 13.3. The van der Waals surface area contributed by atoms with Crippen LogP contribution in [-0.2, 0) is 10.0 Å². The van der Waals surface area contributed by atoms with Gasteiger partial charge >= 0.3 is 0 Å². The Balaban J connectivity index is 1.89. The molecule has 1 saturated carbocycles. The van der Waals surface area contributed by atoms with Crippen LogP contribution in [0.5, 0.6) is 0 Å². The lowest BCUT2D eigenvalue weighted by molar-refractivity contribution is 0.0616. The molecule has 2 aromatic rings. The maximum absolute atomic E-state index is 13.3. The van der Waals surface area contributed by atoms with Gasteiger partial charge in [-0.2, -0.15) is 0 Å². The smallest absolute Gasteiger partial charge is 0.261 e. The van der Waals surface area contributed by atoms with Crippen molar-refractivity contribution in [1.82, 2.24) is 4.90 Å².